The standard InChI is InChI=1S/C13H23N3O5/c1-7-9(17)14-11(16(5)8-10(18)20-6)15-12(19)21-13(2,3)4/h7-8H2,1-6H3,(H,14,15,17,19)/i5D3. The fraction of sp³-hybridized carbons (Fsp3) is 0.692. The predicted octanol–water partition coefficient (Wildman–Crippen LogP) is 0.908. The van der Waals surface area contributed by atoms with E-state index in [0.717, 1.165) is 7.11 Å². The van der Waals surface area contributed by atoms with E-state index in [1.807, 2.05) is 0 Å². The lowest BCUT2D eigenvalue weighted by molar-refractivity contribution is -0.140. The molecule has 0 aromatic heterocycles. The molecule has 0 aromatic rings. The molecular weight excluding hydrogens is 278 g/mol. The summed E-state index contributed by atoms with van der Waals surface area (Å²) in [6, 6.07) is 0. The smallest absolute Gasteiger partial charge is 0.437 e. The van der Waals surface area contributed by atoms with Gasteiger partial charge in [0.15, 0.2) is 0 Å². The highest BCUT2D eigenvalue weighted by Gasteiger charge is 2.19. The SMILES string of the molecule is [2H]C([2H])([2H])N(CC(=O)OC)C(=NC(=O)OC(C)(C)C)NC(=O)CC. The molecule has 0 aliphatic rings. The number of likely N-dealkylation sites (N-methyl/N-ethyl adjacent to an activating group) is 1. The van der Waals surface area contributed by atoms with Crippen molar-refractivity contribution < 1.29 is 28.0 Å². The molecular formula is C13H23N3O5. The van der Waals surface area contributed by atoms with Crippen molar-refractivity contribution in [2.75, 3.05) is 20.6 Å². The number of methoxy groups -OCH3 is 1. The van der Waals surface area contributed by atoms with Gasteiger partial charge in [-0.05, 0) is 20.8 Å². The number of aliphatic imine (C=N–C) groups is 1. The van der Waals surface area contributed by atoms with Crippen LogP contribution in [0.1, 0.15) is 38.2 Å². The topological polar surface area (TPSA) is 97.3 Å². The number of guanidine groups is 1. The van der Waals surface area contributed by atoms with E-state index < -0.39 is 43.1 Å². The van der Waals surface area contributed by atoms with Gasteiger partial charge in [-0.1, -0.05) is 6.92 Å². The molecule has 0 aliphatic heterocycles. The van der Waals surface area contributed by atoms with E-state index in [1.165, 1.54) is 6.92 Å². The van der Waals surface area contributed by atoms with Gasteiger partial charge in [-0.15, -0.1) is 4.99 Å². The van der Waals surface area contributed by atoms with Crippen LogP contribution in [0.2, 0.25) is 0 Å². The normalized spacial score (nSPS) is 14.3. The fourth-order valence-electron chi connectivity index (χ4n) is 1.01. The molecule has 0 rings (SSSR count). The summed E-state index contributed by atoms with van der Waals surface area (Å²) in [6.07, 6.45) is -1.09. The van der Waals surface area contributed by atoms with Crippen LogP contribution in [-0.2, 0) is 19.1 Å². The minimum Gasteiger partial charge on any atom is -0.468 e. The van der Waals surface area contributed by atoms with Crippen molar-refractivity contribution in [3.05, 3.63) is 0 Å². The van der Waals surface area contributed by atoms with Crippen molar-refractivity contribution in [3.8, 4) is 0 Å². The number of carbonyl (C=O) groups is 3. The van der Waals surface area contributed by atoms with E-state index in [1.54, 1.807) is 20.8 Å². The van der Waals surface area contributed by atoms with E-state index in [-0.39, 0.29) is 6.42 Å². The lowest BCUT2D eigenvalue weighted by Gasteiger charge is -2.21. The molecule has 120 valence electrons. The Morgan fingerprint density at radius 3 is 2.38 bits per heavy atom. The third kappa shape index (κ3) is 8.61. The van der Waals surface area contributed by atoms with E-state index in [2.05, 4.69) is 15.0 Å². The monoisotopic (exact) mass is 304 g/mol. The van der Waals surface area contributed by atoms with Crippen LogP contribution in [-0.4, -0.2) is 55.1 Å². The first-order chi connectivity index (χ1) is 10.8. The number of hydrogen-bond donors (Lipinski definition) is 1. The predicted molar refractivity (Wildman–Crippen MR) is 76.7 cm³/mol. The van der Waals surface area contributed by atoms with Crippen molar-refractivity contribution in [2.24, 2.45) is 4.99 Å². The van der Waals surface area contributed by atoms with Crippen LogP contribution >= 0.6 is 0 Å². The van der Waals surface area contributed by atoms with Gasteiger partial charge in [0.05, 0.1) is 7.11 Å². The lowest BCUT2D eigenvalue weighted by atomic mass is 10.2. The Labute approximate surface area is 128 Å². The molecule has 0 heterocycles. The zero-order valence-electron chi connectivity index (χ0n) is 15.8. The van der Waals surface area contributed by atoms with Gasteiger partial charge in [0.25, 0.3) is 0 Å². The van der Waals surface area contributed by atoms with Crippen LogP contribution in [0.3, 0.4) is 0 Å². The molecule has 1 N–H and O–H groups in total. The summed E-state index contributed by atoms with van der Waals surface area (Å²) in [5, 5.41) is 2.19. The zero-order valence-corrected chi connectivity index (χ0v) is 12.8. The highest BCUT2D eigenvalue weighted by Crippen LogP contribution is 2.08. The van der Waals surface area contributed by atoms with E-state index in [9.17, 15) is 14.4 Å². The van der Waals surface area contributed by atoms with Crippen LogP contribution in [0, 0.1) is 0 Å². The van der Waals surface area contributed by atoms with Crippen LogP contribution in [0.25, 0.3) is 0 Å². The number of rotatable bonds is 3. The minimum atomic E-state index is -2.85. The molecule has 0 aromatic carbocycles. The number of nitrogens with one attached hydrogen (secondary N) is 1. The number of hydrogen-bond acceptors (Lipinski definition) is 5. The van der Waals surface area contributed by atoms with Crippen LogP contribution in [0.5, 0.6) is 0 Å². The molecule has 0 bridgehead atoms. The Kier molecular flexibility index (Phi) is 5.43. The Morgan fingerprint density at radius 2 is 1.95 bits per heavy atom. The Balaban J connectivity index is 5.72. The highest BCUT2D eigenvalue weighted by molar-refractivity contribution is 6.01. The molecule has 0 aliphatic carbocycles. The maximum absolute atomic E-state index is 11.8. The van der Waals surface area contributed by atoms with E-state index in [0.29, 0.717) is 4.90 Å². The highest BCUT2D eigenvalue weighted by atomic mass is 16.6. The minimum absolute atomic E-state index is 0.0143. The van der Waals surface area contributed by atoms with Gasteiger partial charge in [0, 0.05) is 17.5 Å². The summed E-state index contributed by atoms with van der Waals surface area (Å²) >= 11 is 0. The van der Waals surface area contributed by atoms with Gasteiger partial charge in [-0.2, -0.15) is 0 Å². The summed E-state index contributed by atoms with van der Waals surface area (Å²) in [5.74, 6) is -2.08. The zero-order chi connectivity index (χ0) is 19.1. The van der Waals surface area contributed by atoms with Gasteiger partial charge >= 0.3 is 12.1 Å². The second-order valence-corrected chi connectivity index (χ2v) is 4.98. The molecule has 8 heteroatoms. The average Bonchev–Trinajstić information content (AvgIpc) is 2.40. The molecule has 2 amide bonds. The van der Waals surface area contributed by atoms with E-state index in [4.69, 9.17) is 8.85 Å². The first-order valence-corrected chi connectivity index (χ1v) is 6.26. The molecule has 8 nitrogen and oxygen atoms in total. The summed E-state index contributed by atoms with van der Waals surface area (Å²) in [5.41, 5.74) is -0.867. The van der Waals surface area contributed by atoms with Crippen molar-refractivity contribution in [3.63, 3.8) is 0 Å². The number of carbonyl (C=O) groups excluding carboxylic acids is 3. The van der Waals surface area contributed by atoms with Crippen molar-refractivity contribution >= 4 is 23.9 Å². The summed E-state index contributed by atoms with van der Waals surface area (Å²) < 4.78 is 31.8. The Hall–Kier alpha value is -2.12. The van der Waals surface area contributed by atoms with Crippen LogP contribution in [0.15, 0.2) is 4.99 Å². The third-order valence-electron chi connectivity index (χ3n) is 1.93. The molecule has 0 spiro atoms. The van der Waals surface area contributed by atoms with Crippen molar-refractivity contribution in [1.82, 2.24) is 10.2 Å². The number of amides is 2. The lowest BCUT2D eigenvalue weighted by Crippen LogP contribution is -2.45. The van der Waals surface area contributed by atoms with Crippen molar-refractivity contribution in [1.29, 1.82) is 0 Å². The maximum Gasteiger partial charge on any atom is 0.437 e. The number of ether oxygens (including phenoxy) is 2. The molecule has 0 saturated heterocycles. The van der Waals surface area contributed by atoms with Gasteiger partial charge in [0.2, 0.25) is 11.9 Å². The van der Waals surface area contributed by atoms with E-state index >= 15 is 0 Å². The molecule has 0 unspecified atom stereocenters. The van der Waals surface area contributed by atoms with Crippen LogP contribution < -0.4 is 5.32 Å². The molecule has 0 atom stereocenters. The summed E-state index contributed by atoms with van der Waals surface area (Å²) in [6.45, 7) is 2.73. The maximum atomic E-state index is 11.8. The Bertz CT molecular complexity index is 512. The number of nitrogens with zero attached hydrogens (tertiary/aromatic N) is 2. The summed E-state index contributed by atoms with van der Waals surface area (Å²) in [4.78, 5) is 38.9. The summed E-state index contributed by atoms with van der Waals surface area (Å²) in [7, 11) is 1.08. The number of esters is 1. The fourth-order valence-corrected chi connectivity index (χ4v) is 1.01. The Morgan fingerprint density at radius 1 is 1.33 bits per heavy atom. The second kappa shape index (κ2) is 8.23. The molecule has 0 fully saturated rings. The van der Waals surface area contributed by atoms with Gasteiger partial charge in [-0.25, -0.2) is 4.79 Å². The van der Waals surface area contributed by atoms with Gasteiger partial charge in [0.1, 0.15) is 12.1 Å². The van der Waals surface area contributed by atoms with Crippen LogP contribution in [0.4, 0.5) is 4.79 Å². The average molecular weight is 304 g/mol. The van der Waals surface area contributed by atoms with Gasteiger partial charge < -0.3 is 14.4 Å². The second-order valence-electron chi connectivity index (χ2n) is 4.98. The third-order valence-corrected chi connectivity index (χ3v) is 1.93. The first kappa shape index (κ1) is 13.8. The largest absolute Gasteiger partial charge is 0.468 e. The molecule has 21 heavy (non-hydrogen) atoms. The molecule has 0 saturated carbocycles. The first-order valence-electron chi connectivity index (χ1n) is 7.76. The van der Waals surface area contributed by atoms with Gasteiger partial charge in [-0.3, -0.25) is 14.9 Å². The van der Waals surface area contributed by atoms with Crippen molar-refractivity contribution in [2.45, 2.75) is 39.7 Å². The molecule has 0 radical (unpaired) electrons. The quantitative estimate of drug-likeness (QED) is 0.473.